The minimum Gasteiger partial charge on any atom is -0.491 e. The van der Waals surface area contributed by atoms with Crippen LogP contribution in [-0.4, -0.2) is 39.7 Å². The van der Waals surface area contributed by atoms with Crippen molar-refractivity contribution in [2.24, 2.45) is 5.92 Å². The lowest BCUT2D eigenvalue weighted by Gasteiger charge is -2.33. The third kappa shape index (κ3) is 9.01. The van der Waals surface area contributed by atoms with Crippen molar-refractivity contribution >= 4 is 17.8 Å². The average molecular weight is 511 g/mol. The summed E-state index contributed by atoms with van der Waals surface area (Å²) >= 11 is 0. The van der Waals surface area contributed by atoms with Crippen molar-refractivity contribution in [3.8, 4) is 17.0 Å². The van der Waals surface area contributed by atoms with Crippen LogP contribution in [0.4, 0.5) is 23.8 Å². The zero-order valence-electron chi connectivity index (χ0n) is 21.5. The summed E-state index contributed by atoms with van der Waals surface area (Å²) in [7, 11) is 0. The Hall–Kier alpha value is -3.37. The lowest BCUT2D eigenvalue weighted by molar-refractivity contribution is -0.139. The highest BCUT2D eigenvalue weighted by molar-refractivity contribution is 5.88. The number of anilines is 1. The Morgan fingerprint density at radius 1 is 1.06 bits per heavy atom. The second kappa shape index (κ2) is 11.1. The molecule has 198 valence electrons. The third-order valence-corrected chi connectivity index (χ3v) is 4.76. The maximum Gasteiger partial charge on any atom is 0.419 e. The highest BCUT2D eigenvalue weighted by Crippen LogP contribution is 2.39. The van der Waals surface area contributed by atoms with Gasteiger partial charge in [0.1, 0.15) is 30.1 Å². The van der Waals surface area contributed by atoms with E-state index < -0.39 is 29.0 Å². The number of hydrogen-bond acceptors (Lipinski definition) is 6. The number of hydrogen-bond donors (Lipinski definition) is 2. The maximum atomic E-state index is 14.0. The molecule has 0 spiro atoms. The number of benzene rings is 1. The monoisotopic (exact) mass is 510 g/mol. The van der Waals surface area contributed by atoms with Crippen LogP contribution in [0.15, 0.2) is 30.6 Å². The van der Waals surface area contributed by atoms with Crippen molar-refractivity contribution in [1.29, 1.82) is 0 Å². The standard InChI is InChI=1S/C25H33F3N4O4/c1-15(2)12-24(7,32-22(34)36-23(4,5)6)13-35-20-9-8-17(10-18(20)25(26,27)28)19-11-21(30-14-29-19)31-16(3)33/h8-11,14-15H,12-13H2,1-7H3,(H,32,34)(H,29,30,31,33)/t24-/m0/s1. The summed E-state index contributed by atoms with van der Waals surface area (Å²) in [6.07, 6.45) is -3.80. The van der Waals surface area contributed by atoms with E-state index in [0.29, 0.717) is 6.42 Å². The van der Waals surface area contributed by atoms with Crippen LogP contribution in [0, 0.1) is 5.92 Å². The van der Waals surface area contributed by atoms with Gasteiger partial charge in [0.05, 0.1) is 16.8 Å². The first-order valence-corrected chi connectivity index (χ1v) is 11.4. The summed E-state index contributed by atoms with van der Waals surface area (Å²) in [5.41, 5.74) is -2.35. The van der Waals surface area contributed by atoms with E-state index in [1.807, 2.05) is 13.8 Å². The van der Waals surface area contributed by atoms with E-state index in [4.69, 9.17) is 9.47 Å². The second-order valence-corrected chi connectivity index (χ2v) is 10.3. The zero-order chi connectivity index (χ0) is 27.3. The Labute approximate surface area is 209 Å². The minimum absolute atomic E-state index is 0.119. The molecule has 1 aromatic carbocycles. The first-order chi connectivity index (χ1) is 16.5. The molecule has 0 saturated heterocycles. The van der Waals surface area contributed by atoms with E-state index in [0.717, 1.165) is 12.4 Å². The van der Waals surface area contributed by atoms with Gasteiger partial charge in [-0.3, -0.25) is 4.79 Å². The maximum absolute atomic E-state index is 14.0. The zero-order valence-corrected chi connectivity index (χ0v) is 21.5. The average Bonchev–Trinajstić information content (AvgIpc) is 2.69. The van der Waals surface area contributed by atoms with Gasteiger partial charge in [0.2, 0.25) is 5.91 Å². The number of carbonyl (C=O) groups excluding carboxylic acids is 2. The molecule has 0 fully saturated rings. The Balaban J connectivity index is 2.34. The molecule has 0 aliphatic rings. The molecule has 0 bridgehead atoms. The Kier molecular flexibility index (Phi) is 8.93. The number of ether oxygens (including phenoxy) is 2. The molecule has 0 radical (unpaired) electrons. The Morgan fingerprint density at radius 2 is 1.72 bits per heavy atom. The number of nitrogens with zero attached hydrogens (tertiary/aromatic N) is 2. The van der Waals surface area contributed by atoms with Crippen LogP contribution in [0.25, 0.3) is 11.3 Å². The number of aromatic nitrogens is 2. The van der Waals surface area contributed by atoms with E-state index >= 15 is 0 Å². The van der Waals surface area contributed by atoms with Gasteiger partial charge in [-0.15, -0.1) is 0 Å². The SMILES string of the molecule is CC(=O)Nc1cc(-c2ccc(OC[C@](C)(CC(C)C)NC(=O)OC(C)(C)C)c(C(F)(F)F)c2)ncn1. The number of alkyl halides is 3. The fraction of sp³-hybridized carbons (Fsp3) is 0.520. The van der Waals surface area contributed by atoms with Crippen molar-refractivity contribution in [2.45, 2.75) is 72.2 Å². The molecule has 0 aliphatic carbocycles. The molecule has 2 amide bonds. The summed E-state index contributed by atoms with van der Waals surface area (Å²) in [6, 6.07) is 4.95. The number of halogens is 3. The Bertz CT molecular complexity index is 1080. The van der Waals surface area contributed by atoms with Crippen LogP contribution in [0.5, 0.6) is 5.75 Å². The highest BCUT2D eigenvalue weighted by atomic mass is 19.4. The van der Waals surface area contributed by atoms with Crippen molar-refractivity contribution < 1.29 is 32.2 Å². The molecule has 1 heterocycles. The van der Waals surface area contributed by atoms with Gasteiger partial charge in [-0.2, -0.15) is 13.2 Å². The predicted octanol–water partition coefficient (Wildman–Crippen LogP) is 5.83. The van der Waals surface area contributed by atoms with Gasteiger partial charge in [-0.25, -0.2) is 14.8 Å². The molecule has 11 heteroatoms. The number of rotatable bonds is 8. The fourth-order valence-electron chi connectivity index (χ4n) is 3.63. The predicted molar refractivity (Wildman–Crippen MR) is 129 cm³/mol. The number of amides is 2. The van der Waals surface area contributed by atoms with E-state index in [1.165, 1.54) is 25.1 Å². The van der Waals surface area contributed by atoms with E-state index in [-0.39, 0.29) is 41.3 Å². The van der Waals surface area contributed by atoms with Crippen LogP contribution in [0.3, 0.4) is 0 Å². The summed E-state index contributed by atoms with van der Waals surface area (Å²) in [5, 5.41) is 5.22. The number of alkyl carbamates (subject to hydrolysis) is 1. The first-order valence-electron chi connectivity index (χ1n) is 11.4. The molecule has 0 saturated carbocycles. The molecule has 2 N–H and O–H groups in total. The van der Waals surface area contributed by atoms with Crippen molar-refractivity contribution in [2.75, 3.05) is 11.9 Å². The molecule has 2 aromatic rings. The smallest absolute Gasteiger partial charge is 0.419 e. The molecular formula is C25H33F3N4O4. The van der Waals surface area contributed by atoms with Gasteiger partial charge in [0, 0.05) is 18.6 Å². The number of carbonyl (C=O) groups is 2. The molecule has 36 heavy (non-hydrogen) atoms. The molecule has 0 unspecified atom stereocenters. The van der Waals surface area contributed by atoms with Crippen LogP contribution in [-0.2, 0) is 15.7 Å². The first kappa shape index (κ1) is 28.9. The lowest BCUT2D eigenvalue weighted by Crippen LogP contribution is -2.52. The van der Waals surface area contributed by atoms with E-state index in [9.17, 15) is 22.8 Å². The summed E-state index contributed by atoms with van der Waals surface area (Å²) in [4.78, 5) is 31.6. The van der Waals surface area contributed by atoms with Gasteiger partial charge in [-0.1, -0.05) is 13.8 Å². The normalized spacial score (nSPS) is 13.6. The van der Waals surface area contributed by atoms with Gasteiger partial charge >= 0.3 is 12.3 Å². The fourth-order valence-corrected chi connectivity index (χ4v) is 3.63. The summed E-state index contributed by atoms with van der Waals surface area (Å²) in [5.74, 6) is -0.472. The second-order valence-electron chi connectivity index (χ2n) is 10.3. The van der Waals surface area contributed by atoms with Crippen LogP contribution >= 0.6 is 0 Å². The van der Waals surface area contributed by atoms with Gasteiger partial charge < -0.3 is 20.1 Å². The van der Waals surface area contributed by atoms with E-state index in [2.05, 4.69) is 20.6 Å². The van der Waals surface area contributed by atoms with E-state index in [1.54, 1.807) is 27.7 Å². The van der Waals surface area contributed by atoms with Crippen LogP contribution in [0.2, 0.25) is 0 Å². The highest BCUT2D eigenvalue weighted by Gasteiger charge is 2.37. The topological polar surface area (TPSA) is 102 Å². The molecule has 1 atom stereocenters. The molecule has 2 rings (SSSR count). The van der Waals surface area contributed by atoms with Crippen molar-refractivity contribution in [3.63, 3.8) is 0 Å². The summed E-state index contributed by atoms with van der Waals surface area (Å²) < 4.78 is 52.9. The molecule has 0 aliphatic heterocycles. The lowest BCUT2D eigenvalue weighted by atomic mass is 9.91. The largest absolute Gasteiger partial charge is 0.491 e. The summed E-state index contributed by atoms with van der Waals surface area (Å²) in [6.45, 7) is 11.8. The van der Waals surface area contributed by atoms with Gasteiger partial charge in [0.15, 0.2) is 0 Å². The molecule has 8 nitrogen and oxygen atoms in total. The minimum atomic E-state index is -4.72. The van der Waals surface area contributed by atoms with Crippen molar-refractivity contribution in [1.82, 2.24) is 15.3 Å². The van der Waals surface area contributed by atoms with Gasteiger partial charge in [-0.05, 0) is 58.2 Å². The van der Waals surface area contributed by atoms with Crippen LogP contribution < -0.4 is 15.4 Å². The quantitative estimate of drug-likeness (QED) is 0.463. The molecule has 1 aromatic heterocycles. The van der Waals surface area contributed by atoms with Crippen LogP contribution in [0.1, 0.15) is 60.5 Å². The molecular weight excluding hydrogens is 477 g/mol. The number of nitrogens with one attached hydrogen (secondary N) is 2. The Morgan fingerprint density at radius 3 is 2.28 bits per heavy atom. The third-order valence-electron chi connectivity index (χ3n) is 4.76. The van der Waals surface area contributed by atoms with Gasteiger partial charge in [0.25, 0.3) is 0 Å². The van der Waals surface area contributed by atoms with Crippen molar-refractivity contribution in [3.05, 3.63) is 36.2 Å².